The number of aliphatic hydroxyl groups is 1. The van der Waals surface area contributed by atoms with E-state index in [0.717, 1.165) is 0 Å². The highest BCUT2D eigenvalue weighted by atomic mass is 19.4. The molecule has 6 nitrogen and oxygen atoms in total. The van der Waals surface area contributed by atoms with Crippen LogP contribution < -0.4 is 10.6 Å². The molecule has 0 bridgehead atoms. The molecule has 0 aromatic heterocycles. The van der Waals surface area contributed by atoms with Crippen LogP contribution in [0.5, 0.6) is 0 Å². The Balaban J connectivity index is 2.61. The number of hydrogen-bond acceptors (Lipinski definition) is 4. The van der Waals surface area contributed by atoms with Crippen LogP contribution in [0.2, 0.25) is 0 Å². The maximum atomic E-state index is 12.9. The molecule has 1 rings (SSSR count). The summed E-state index contributed by atoms with van der Waals surface area (Å²) in [7, 11) is 0. The van der Waals surface area contributed by atoms with Gasteiger partial charge in [-0.25, -0.2) is 4.79 Å². The molecule has 3 N–H and O–H groups in total. The average molecular weight is 339 g/mol. The lowest BCUT2D eigenvalue weighted by Gasteiger charge is -2.42. The number of rotatable bonds is 4. The molecule has 2 unspecified atom stereocenters. The molecule has 0 aliphatic carbocycles. The van der Waals surface area contributed by atoms with Gasteiger partial charge in [0.2, 0.25) is 5.91 Å². The Morgan fingerprint density at radius 1 is 1.30 bits per heavy atom. The third-order valence-corrected chi connectivity index (χ3v) is 3.86. The highest BCUT2D eigenvalue weighted by Crippen LogP contribution is 2.37. The van der Waals surface area contributed by atoms with Gasteiger partial charge in [0.05, 0.1) is 6.04 Å². The normalized spacial score (nSPS) is 24.3. The molecule has 1 aliphatic rings. The number of nitrogens with one attached hydrogen (secondary N) is 2. The lowest BCUT2D eigenvalue weighted by Crippen LogP contribution is -2.61. The highest BCUT2D eigenvalue weighted by Gasteiger charge is 2.55. The van der Waals surface area contributed by atoms with Crippen molar-refractivity contribution < 1.29 is 27.9 Å². The zero-order valence-electron chi connectivity index (χ0n) is 13.5. The van der Waals surface area contributed by atoms with Gasteiger partial charge in [-0.3, -0.25) is 15.0 Å². The Morgan fingerprint density at radius 2 is 1.91 bits per heavy atom. The predicted octanol–water partition coefficient (Wildman–Crippen LogP) is 1.25. The number of hydrogen-bond donors (Lipinski definition) is 3. The molecule has 1 saturated heterocycles. The number of amides is 3. The van der Waals surface area contributed by atoms with E-state index in [4.69, 9.17) is 0 Å². The maximum absolute atomic E-state index is 12.9. The van der Waals surface area contributed by atoms with Crippen LogP contribution in [0, 0.1) is 5.92 Å². The number of likely N-dealkylation sites (tertiary alicyclic amines) is 1. The first-order chi connectivity index (χ1) is 10.5. The number of β-amino-alcohol motifs (C(OH)–C–C–N with tert-alkyl or cyclic N) is 1. The number of carbonyl (C=O) groups is 2. The van der Waals surface area contributed by atoms with E-state index in [1.54, 1.807) is 0 Å². The molecule has 3 amide bonds. The number of urea groups is 1. The Bertz CT molecular complexity index is 443. The SMILES string of the molecule is CC(C)CNC(=O)NC(=O)C(C)N1CCCC(O)(C(F)(F)F)C1. The second-order valence-electron chi connectivity index (χ2n) is 6.37. The molecule has 1 fully saturated rings. The zero-order valence-corrected chi connectivity index (χ0v) is 13.5. The Labute approximate surface area is 133 Å². The van der Waals surface area contributed by atoms with Gasteiger partial charge in [-0.2, -0.15) is 13.2 Å². The van der Waals surface area contributed by atoms with Crippen LogP contribution in [0.4, 0.5) is 18.0 Å². The minimum absolute atomic E-state index is 0.118. The Hall–Kier alpha value is -1.35. The standard InChI is InChI=1S/C14H24F3N3O3/c1-9(2)7-18-12(22)19-11(21)10(3)20-6-4-5-13(23,8-20)14(15,16)17/h9-10,23H,4-8H2,1-3H3,(H2,18,19,21,22). The Kier molecular flexibility index (Phi) is 6.41. The lowest BCUT2D eigenvalue weighted by molar-refractivity contribution is -0.275. The number of nitrogens with zero attached hydrogens (tertiary/aromatic N) is 1. The fourth-order valence-corrected chi connectivity index (χ4v) is 2.35. The average Bonchev–Trinajstić information content (AvgIpc) is 2.43. The van der Waals surface area contributed by atoms with E-state index in [1.165, 1.54) is 11.8 Å². The van der Waals surface area contributed by atoms with Gasteiger partial charge in [-0.1, -0.05) is 13.8 Å². The lowest BCUT2D eigenvalue weighted by atomic mass is 9.91. The van der Waals surface area contributed by atoms with Crippen molar-refractivity contribution in [3.8, 4) is 0 Å². The van der Waals surface area contributed by atoms with E-state index >= 15 is 0 Å². The molecular weight excluding hydrogens is 315 g/mol. The smallest absolute Gasteiger partial charge is 0.379 e. The summed E-state index contributed by atoms with van der Waals surface area (Å²) < 4.78 is 38.7. The van der Waals surface area contributed by atoms with Crippen LogP contribution in [0.25, 0.3) is 0 Å². The molecule has 134 valence electrons. The van der Waals surface area contributed by atoms with Crippen molar-refractivity contribution in [2.24, 2.45) is 5.92 Å². The fourth-order valence-electron chi connectivity index (χ4n) is 2.35. The van der Waals surface area contributed by atoms with Crippen molar-refractivity contribution >= 4 is 11.9 Å². The van der Waals surface area contributed by atoms with Gasteiger partial charge < -0.3 is 10.4 Å². The fraction of sp³-hybridized carbons (Fsp3) is 0.857. The first kappa shape index (κ1) is 19.7. The van der Waals surface area contributed by atoms with Gasteiger partial charge in [0.15, 0.2) is 5.60 Å². The van der Waals surface area contributed by atoms with Crippen LogP contribution in [0.15, 0.2) is 0 Å². The molecule has 0 spiro atoms. The summed E-state index contributed by atoms with van der Waals surface area (Å²) in [5.74, 6) is -0.491. The van der Waals surface area contributed by atoms with Crippen molar-refractivity contribution in [1.29, 1.82) is 0 Å². The number of halogens is 3. The van der Waals surface area contributed by atoms with Crippen LogP contribution in [0.3, 0.4) is 0 Å². The minimum Gasteiger partial charge on any atom is -0.379 e. The minimum atomic E-state index is -4.75. The van der Waals surface area contributed by atoms with Crippen molar-refractivity contribution in [2.75, 3.05) is 19.6 Å². The molecule has 0 aromatic rings. The monoisotopic (exact) mass is 339 g/mol. The molecule has 9 heteroatoms. The Morgan fingerprint density at radius 3 is 2.43 bits per heavy atom. The third kappa shape index (κ3) is 5.35. The van der Waals surface area contributed by atoms with E-state index in [-0.39, 0.29) is 18.9 Å². The molecule has 23 heavy (non-hydrogen) atoms. The van der Waals surface area contributed by atoms with Gasteiger partial charge >= 0.3 is 12.2 Å². The molecule has 1 aliphatic heterocycles. The molecule has 0 aromatic carbocycles. The third-order valence-electron chi connectivity index (χ3n) is 3.86. The summed E-state index contributed by atoms with van der Waals surface area (Å²) in [6.45, 7) is 5.13. The van der Waals surface area contributed by atoms with Crippen molar-refractivity contribution in [1.82, 2.24) is 15.5 Å². The van der Waals surface area contributed by atoms with Crippen molar-refractivity contribution in [3.05, 3.63) is 0 Å². The molecular formula is C14H24F3N3O3. The van der Waals surface area contributed by atoms with Crippen molar-refractivity contribution in [2.45, 2.75) is 51.4 Å². The van der Waals surface area contributed by atoms with Crippen LogP contribution in [0.1, 0.15) is 33.6 Å². The second kappa shape index (κ2) is 7.48. The number of alkyl halides is 3. The van der Waals surface area contributed by atoms with Crippen molar-refractivity contribution in [3.63, 3.8) is 0 Å². The predicted molar refractivity (Wildman–Crippen MR) is 77.7 cm³/mol. The topological polar surface area (TPSA) is 81.7 Å². The summed E-state index contributed by atoms with van der Waals surface area (Å²) in [5.41, 5.74) is -2.82. The van der Waals surface area contributed by atoms with E-state index in [2.05, 4.69) is 10.6 Å². The van der Waals surface area contributed by atoms with Crippen LogP contribution in [-0.2, 0) is 4.79 Å². The summed E-state index contributed by atoms with van der Waals surface area (Å²) in [5, 5.41) is 14.4. The van der Waals surface area contributed by atoms with Crippen LogP contribution in [-0.4, -0.2) is 59.4 Å². The quantitative estimate of drug-likeness (QED) is 0.720. The van der Waals surface area contributed by atoms with Gasteiger partial charge in [-0.05, 0) is 32.2 Å². The summed E-state index contributed by atoms with van der Waals surface area (Å²) in [6.07, 6.45) is -5.03. The summed E-state index contributed by atoms with van der Waals surface area (Å²) >= 11 is 0. The first-order valence-electron chi connectivity index (χ1n) is 7.58. The van der Waals surface area contributed by atoms with Gasteiger partial charge in [0.1, 0.15) is 0 Å². The maximum Gasteiger partial charge on any atom is 0.418 e. The summed E-state index contributed by atoms with van der Waals surface area (Å²) in [6, 6.07) is -1.63. The largest absolute Gasteiger partial charge is 0.418 e. The number of imide groups is 1. The molecule has 2 atom stereocenters. The van der Waals surface area contributed by atoms with Gasteiger partial charge in [-0.15, -0.1) is 0 Å². The zero-order chi connectivity index (χ0) is 17.8. The van der Waals surface area contributed by atoms with Gasteiger partial charge in [0, 0.05) is 13.1 Å². The van der Waals surface area contributed by atoms with E-state index in [0.29, 0.717) is 6.54 Å². The molecule has 1 heterocycles. The molecule has 0 radical (unpaired) electrons. The molecule has 0 saturated carbocycles. The van der Waals surface area contributed by atoms with E-state index < -0.39 is 42.7 Å². The van der Waals surface area contributed by atoms with E-state index in [1.807, 2.05) is 13.8 Å². The highest BCUT2D eigenvalue weighted by molar-refractivity contribution is 5.96. The number of piperidine rings is 1. The first-order valence-corrected chi connectivity index (χ1v) is 7.58. The summed E-state index contributed by atoms with van der Waals surface area (Å²) in [4.78, 5) is 24.8. The van der Waals surface area contributed by atoms with E-state index in [9.17, 15) is 27.9 Å². The number of carbonyl (C=O) groups excluding carboxylic acids is 2. The van der Waals surface area contributed by atoms with Crippen LogP contribution >= 0.6 is 0 Å². The van der Waals surface area contributed by atoms with Gasteiger partial charge in [0.25, 0.3) is 0 Å². The second-order valence-corrected chi connectivity index (χ2v) is 6.37.